The van der Waals surface area contributed by atoms with Crippen LogP contribution in [0, 0.1) is 0 Å². The highest BCUT2D eigenvalue weighted by molar-refractivity contribution is 8.77. The molecule has 0 bridgehead atoms. The molecule has 2 rings (SSSR count). The maximum absolute atomic E-state index is 5.86. The average molecular weight is 226 g/mol. The molecule has 0 spiro atoms. The van der Waals surface area contributed by atoms with Crippen LogP contribution in [0.5, 0.6) is 0 Å². The van der Waals surface area contributed by atoms with Gasteiger partial charge >= 0.3 is 0 Å². The van der Waals surface area contributed by atoms with Gasteiger partial charge in [0.2, 0.25) is 0 Å². The van der Waals surface area contributed by atoms with Gasteiger partial charge in [-0.3, -0.25) is 0 Å². The van der Waals surface area contributed by atoms with Gasteiger partial charge in [-0.05, 0) is 12.8 Å². The van der Waals surface area contributed by atoms with Gasteiger partial charge in [-0.2, -0.15) is 0 Å². The van der Waals surface area contributed by atoms with Crippen molar-refractivity contribution >= 4 is 43.2 Å². The zero-order valence-corrected chi connectivity index (χ0v) is 9.29. The number of hydrogen-bond acceptors (Lipinski definition) is 5. The molecule has 2 saturated heterocycles. The molecule has 0 N–H and O–H groups in total. The largest absolute Gasteiger partial charge is 0.352 e. The molecule has 11 heavy (non-hydrogen) atoms. The SMILES string of the molecule is C1CC(OC2CCSS2)SS1. The number of ether oxygens (including phenoxy) is 1. The summed E-state index contributed by atoms with van der Waals surface area (Å²) in [7, 11) is 7.68. The van der Waals surface area contributed by atoms with Crippen molar-refractivity contribution in [3.8, 4) is 0 Å². The first kappa shape index (κ1) is 8.94. The van der Waals surface area contributed by atoms with Crippen LogP contribution in [0.3, 0.4) is 0 Å². The van der Waals surface area contributed by atoms with Crippen LogP contribution in [0.4, 0.5) is 0 Å². The summed E-state index contributed by atoms with van der Waals surface area (Å²) < 4.78 is 5.86. The number of hydrogen-bond donors (Lipinski definition) is 0. The predicted octanol–water partition coefficient (Wildman–Crippen LogP) is 3.23. The van der Waals surface area contributed by atoms with Gasteiger partial charge in [-0.25, -0.2) is 0 Å². The topological polar surface area (TPSA) is 9.23 Å². The van der Waals surface area contributed by atoms with Crippen LogP contribution >= 0.6 is 43.2 Å². The summed E-state index contributed by atoms with van der Waals surface area (Å²) in [5.41, 5.74) is 0.965. The summed E-state index contributed by atoms with van der Waals surface area (Å²) >= 11 is 0. The fourth-order valence-electron chi connectivity index (χ4n) is 0.984. The first-order valence-corrected chi connectivity index (χ1v) is 8.43. The van der Waals surface area contributed by atoms with Crippen molar-refractivity contribution in [1.82, 2.24) is 0 Å². The van der Waals surface area contributed by atoms with E-state index in [4.69, 9.17) is 4.74 Å². The van der Waals surface area contributed by atoms with E-state index in [0.717, 1.165) is 0 Å². The van der Waals surface area contributed by atoms with Gasteiger partial charge in [-0.15, -0.1) is 0 Å². The first-order valence-electron chi connectivity index (χ1n) is 3.67. The van der Waals surface area contributed by atoms with Crippen molar-refractivity contribution in [3.63, 3.8) is 0 Å². The molecule has 2 heterocycles. The predicted molar refractivity (Wildman–Crippen MR) is 58.0 cm³/mol. The molecule has 5 heteroatoms. The Balaban J connectivity index is 1.71. The Morgan fingerprint density at radius 2 is 1.45 bits per heavy atom. The highest BCUT2D eigenvalue weighted by Crippen LogP contribution is 2.44. The van der Waals surface area contributed by atoms with E-state index in [2.05, 4.69) is 0 Å². The summed E-state index contributed by atoms with van der Waals surface area (Å²) in [4.78, 5) is 0. The van der Waals surface area contributed by atoms with Crippen LogP contribution in [0.15, 0.2) is 0 Å². The van der Waals surface area contributed by atoms with Crippen LogP contribution < -0.4 is 0 Å². The standard InChI is InChI=1S/C6H10OS4/c1-3-8-10-5(1)7-6-2-4-9-11-6/h5-6H,1-4H2. The van der Waals surface area contributed by atoms with E-state index in [9.17, 15) is 0 Å². The van der Waals surface area contributed by atoms with Gasteiger partial charge in [0.1, 0.15) is 10.9 Å². The molecular formula is C6H10OS4. The highest BCUT2D eigenvalue weighted by atomic mass is 33.1. The van der Waals surface area contributed by atoms with Crippen LogP contribution in [0.2, 0.25) is 0 Å². The lowest BCUT2D eigenvalue weighted by atomic mass is 10.5. The fourth-order valence-corrected chi connectivity index (χ4v) is 6.17. The van der Waals surface area contributed by atoms with E-state index in [1.807, 2.05) is 43.2 Å². The second-order valence-electron chi connectivity index (χ2n) is 2.41. The van der Waals surface area contributed by atoms with Crippen molar-refractivity contribution in [3.05, 3.63) is 0 Å². The lowest BCUT2D eigenvalue weighted by molar-refractivity contribution is 0.0927. The van der Waals surface area contributed by atoms with Crippen LogP contribution in [-0.4, -0.2) is 22.4 Å². The minimum Gasteiger partial charge on any atom is -0.352 e. The van der Waals surface area contributed by atoms with Gasteiger partial charge in [-0.1, -0.05) is 43.2 Å². The van der Waals surface area contributed by atoms with Crippen molar-refractivity contribution in [2.45, 2.75) is 23.7 Å². The van der Waals surface area contributed by atoms with E-state index >= 15 is 0 Å². The lowest BCUT2D eigenvalue weighted by Crippen LogP contribution is -2.12. The Hall–Kier alpha value is 1.36. The molecule has 0 aliphatic carbocycles. The third-order valence-electron chi connectivity index (χ3n) is 1.53. The van der Waals surface area contributed by atoms with Gasteiger partial charge in [0.15, 0.2) is 0 Å². The Labute approximate surface area is 83.0 Å². The molecule has 0 saturated carbocycles. The maximum Gasteiger partial charge on any atom is 0.115 e. The zero-order valence-electron chi connectivity index (χ0n) is 6.02. The molecule has 1 nitrogen and oxygen atoms in total. The van der Waals surface area contributed by atoms with Crippen LogP contribution in [0.1, 0.15) is 12.8 Å². The van der Waals surface area contributed by atoms with Gasteiger partial charge in [0.05, 0.1) is 0 Å². The van der Waals surface area contributed by atoms with Crippen LogP contribution in [-0.2, 0) is 4.74 Å². The summed E-state index contributed by atoms with van der Waals surface area (Å²) in [6.07, 6.45) is 2.47. The monoisotopic (exact) mass is 226 g/mol. The molecule has 0 radical (unpaired) electrons. The van der Waals surface area contributed by atoms with Crippen molar-refractivity contribution < 1.29 is 4.74 Å². The zero-order chi connectivity index (χ0) is 7.52. The Morgan fingerprint density at radius 1 is 0.909 bits per heavy atom. The molecule has 2 aliphatic heterocycles. The molecule has 0 aromatic heterocycles. The lowest BCUT2D eigenvalue weighted by Gasteiger charge is -2.13. The van der Waals surface area contributed by atoms with Gasteiger partial charge in [0.25, 0.3) is 0 Å². The summed E-state index contributed by atoms with van der Waals surface area (Å²) in [6, 6.07) is 0. The minimum atomic E-state index is 0.483. The molecule has 2 aliphatic rings. The molecule has 2 fully saturated rings. The first-order chi connectivity index (χ1) is 5.45. The molecule has 64 valence electrons. The summed E-state index contributed by atoms with van der Waals surface area (Å²) in [5.74, 6) is 2.53. The second kappa shape index (κ2) is 4.56. The molecule has 0 aromatic carbocycles. The van der Waals surface area contributed by atoms with E-state index < -0.39 is 0 Å². The van der Waals surface area contributed by atoms with E-state index in [1.165, 1.54) is 24.3 Å². The molecular weight excluding hydrogens is 216 g/mol. The third-order valence-corrected chi connectivity index (χ3v) is 6.83. The summed E-state index contributed by atoms with van der Waals surface area (Å²) in [6.45, 7) is 0. The Kier molecular flexibility index (Phi) is 3.70. The van der Waals surface area contributed by atoms with Crippen molar-refractivity contribution in [2.24, 2.45) is 0 Å². The van der Waals surface area contributed by atoms with E-state index in [-0.39, 0.29) is 0 Å². The van der Waals surface area contributed by atoms with Crippen molar-refractivity contribution in [1.29, 1.82) is 0 Å². The molecule has 2 unspecified atom stereocenters. The molecule has 0 amide bonds. The molecule has 0 aromatic rings. The normalized spacial score (nSPS) is 38.2. The van der Waals surface area contributed by atoms with Gasteiger partial charge in [0, 0.05) is 11.5 Å². The highest BCUT2D eigenvalue weighted by Gasteiger charge is 2.24. The Morgan fingerprint density at radius 3 is 1.82 bits per heavy atom. The van der Waals surface area contributed by atoms with E-state index in [0.29, 0.717) is 10.9 Å². The third kappa shape index (κ3) is 2.66. The quantitative estimate of drug-likeness (QED) is 0.667. The Bertz CT molecular complexity index is 106. The van der Waals surface area contributed by atoms with Crippen molar-refractivity contribution in [2.75, 3.05) is 11.5 Å². The van der Waals surface area contributed by atoms with E-state index in [1.54, 1.807) is 0 Å². The second-order valence-corrected chi connectivity index (χ2v) is 7.70. The minimum absolute atomic E-state index is 0.483. The average Bonchev–Trinajstić information content (AvgIpc) is 2.60. The fraction of sp³-hybridized carbons (Fsp3) is 1.00. The maximum atomic E-state index is 5.86. The summed E-state index contributed by atoms with van der Waals surface area (Å²) in [5, 5.41) is 0. The number of rotatable bonds is 2. The van der Waals surface area contributed by atoms with Gasteiger partial charge < -0.3 is 4.74 Å². The molecule has 2 atom stereocenters. The van der Waals surface area contributed by atoms with Crippen LogP contribution in [0.25, 0.3) is 0 Å². The smallest absolute Gasteiger partial charge is 0.115 e.